The molecule has 88 valence electrons. The van der Waals surface area contributed by atoms with Gasteiger partial charge in [-0.15, -0.1) is 11.3 Å². The monoisotopic (exact) mass is 236 g/mol. The molecule has 0 saturated carbocycles. The maximum Gasteiger partial charge on any atom is 0.127 e. The van der Waals surface area contributed by atoms with Gasteiger partial charge in [-0.3, -0.25) is 0 Å². The van der Waals surface area contributed by atoms with Crippen LogP contribution in [0.3, 0.4) is 0 Å². The van der Waals surface area contributed by atoms with Gasteiger partial charge in [-0.25, -0.2) is 9.97 Å². The zero-order valence-corrected chi connectivity index (χ0v) is 11.4. The van der Waals surface area contributed by atoms with Gasteiger partial charge in [0.2, 0.25) is 0 Å². The lowest BCUT2D eigenvalue weighted by atomic mass is 10.2. The number of aromatic nitrogens is 2. The second-order valence-corrected chi connectivity index (χ2v) is 4.61. The van der Waals surface area contributed by atoms with Gasteiger partial charge in [0, 0.05) is 16.0 Å². The SMILES string of the molecule is CC.CCCCc1cc2c(C)ncnc2s1. The van der Waals surface area contributed by atoms with Crippen molar-refractivity contribution in [2.24, 2.45) is 0 Å². The van der Waals surface area contributed by atoms with Crippen molar-refractivity contribution in [2.75, 3.05) is 0 Å². The predicted molar refractivity (Wildman–Crippen MR) is 72.1 cm³/mol. The molecule has 2 heterocycles. The molecule has 2 rings (SSSR count). The highest BCUT2D eigenvalue weighted by atomic mass is 32.1. The average molecular weight is 236 g/mol. The van der Waals surface area contributed by atoms with E-state index in [1.807, 2.05) is 20.8 Å². The summed E-state index contributed by atoms with van der Waals surface area (Å²) >= 11 is 1.80. The topological polar surface area (TPSA) is 25.8 Å². The van der Waals surface area contributed by atoms with Crippen LogP contribution in [0, 0.1) is 6.92 Å². The lowest BCUT2D eigenvalue weighted by Crippen LogP contribution is -1.81. The molecule has 2 aromatic rings. The van der Waals surface area contributed by atoms with Gasteiger partial charge in [0.25, 0.3) is 0 Å². The molecule has 0 spiro atoms. The van der Waals surface area contributed by atoms with Gasteiger partial charge in [-0.2, -0.15) is 0 Å². The Bertz CT molecular complexity index is 434. The van der Waals surface area contributed by atoms with Gasteiger partial charge in [0.15, 0.2) is 0 Å². The van der Waals surface area contributed by atoms with Crippen LogP contribution in [-0.4, -0.2) is 9.97 Å². The first kappa shape index (κ1) is 13.1. The summed E-state index contributed by atoms with van der Waals surface area (Å²) in [6.45, 7) is 8.26. The standard InChI is InChI=1S/C11H14N2S.C2H6/c1-3-4-5-9-6-10-8(2)12-7-13-11(10)14-9;1-2/h6-7H,3-5H2,1-2H3;1-2H3. The first-order valence-corrected chi connectivity index (χ1v) is 6.83. The third kappa shape index (κ3) is 3.01. The van der Waals surface area contributed by atoms with E-state index < -0.39 is 0 Å². The van der Waals surface area contributed by atoms with Crippen molar-refractivity contribution in [1.29, 1.82) is 0 Å². The first-order valence-electron chi connectivity index (χ1n) is 6.01. The molecule has 0 radical (unpaired) electrons. The number of aryl methyl sites for hydroxylation is 2. The Morgan fingerprint density at radius 1 is 1.25 bits per heavy atom. The Balaban J connectivity index is 0.000000606. The fourth-order valence-corrected chi connectivity index (χ4v) is 2.59. The molecule has 2 aromatic heterocycles. The zero-order valence-electron chi connectivity index (χ0n) is 10.6. The normalized spacial score (nSPS) is 10.0. The molecule has 3 heteroatoms. The summed E-state index contributed by atoms with van der Waals surface area (Å²) in [6.07, 6.45) is 5.34. The van der Waals surface area contributed by atoms with E-state index >= 15 is 0 Å². The summed E-state index contributed by atoms with van der Waals surface area (Å²) in [5, 5.41) is 1.23. The Morgan fingerprint density at radius 2 is 2.00 bits per heavy atom. The quantitative estimate of drug-likeness (QED) is 0.791. The summed E-state index contributed by atoms with van der Waals surface area (Å²) in [7, 11) is 0. The molecule has 0 N–H and O–H groups in total. The fourth-order valence-electron chi connectivity index (χ4n) is 1.50. The molecular formula is C13H20N2S. The van der Waals surface area contributed by atoms with Gasteiger partial charge in [-0.05, 0) is 25.8 Å². The van der Waals surface area contributed by atoms with E-state index in [2.05, 4.69) is 23.0 Å². The van der Waals surface area contributed by atoms with Crippen LogP contribution in [-0.2, 0) is 6.42 Å². The van der Waals surface area contributed by atoms with E-state index in [0.717, 1.165) is 10.5 Å². The number of nitrogens with zero attached hydrogens (tertiary/aromatic N) is 2. The van der Waals surface area contributed by atoms with E-state index in [1.165, 1.54) is 29.5 Å². The summed E-state index contributed by atoms with van der Waals surface area (Å²) in [5.74, 6) is 0. The Hall–Kier alpha value is -0.960. The van der Waals surface area contributed by atoms with Crippen molar-refractivity contribution in [2.45, 2.75) is 47.0 Å². The number of hydrogen-bond acceptors (Lipinski definition) is 3. The van der Waals surface area contributed by atoms with E-state index in [0.29, 0.717) is 0 Å². The molecule has 0 aliphatic rings. The smallest absolute Gasteiger partial charge is 0.127 e. The van der Waals surface area contributed by atoms with E-state index in [-0.39, 0.29) is 0 Å². The van der Waals surface area contributed by atoms with E-state index in [1.54, 1.807) is 17.7 Å². The van der Waals surface area contributed by atoms with Crippen molar-refractivity contribution < 1.29 is 0 Å². The van der Waals surface area contributed by atoms with Crippen molar-refractivity contribution in [3.63, 3.8) is 0 Å². The van der Waals surface area contributed by atoms with E-state index in [9.17, 15) is 0 Å². The Morgan fingerprint density at radius 3 is 2.62 bits per heavy atom. The van der Waals surface area contributed by atoms with Gasteiger partial charge in [-0.1, -0.05) is 27.2 Å². The highest BCUT2D eigenvalue weighted by molar-refractivity contribution is 7.18. The number of unbranched alkanes of at least 4 members (excludes halogenated alkanes) is 1. The van der Waals surface area contributed by atoms with Crippen LogP contribution in [0.1, 0.15) is 44.2 Å². The maximum atomic E-state index is 4.28. The molecule has 0 atom stereocenters. The first-order chi connectivity index (χ1) is 7.81. The molecule has 0 amide bonds. The molecule has 0 aliphatic heterocycles. The van der Waals surface area contributed by atoms with Crippen molar-refractivity contribution in [3.05, 3.63) is 23.0 Å². The lowest BCUT2D eigenvalue weighted by Gasteiger charge is -1.91. The molecule has 0 fully saturated rings. The molecule has 0 unspecified atom stereocenters. The molecule has 0 aromatic carbocycles. The number of thiophene rings is 1. The summed E-state index contributed by atoms with van der Waals surface area (Å²) < 4.78 is 0. The van der Waals surface area contributed by atoms with Crippen molar-refractivity contribution >= 4 is 21.6 Å². The maximum absolute atomic E-state index is 4.28. The van der Waals surface area contributed by atoms with Crippen molar-refractivity contribution in [3.8, 4) is 0 Å². The number of rotatable bonds is 3. The second-order valence-electron chi connectivity index (χ2n) is 3.49. The largest absolute Gasteiger partial charge is 0.241 e. The highest BCUT2D eigenvalue weighted by Crippen LogP contribution is 2.26. The van der Waals surface area contributed by atoms with Gasteiger partial charge < -0.3 is 0 Å². The zero-order chi connectivity index (χ0) is 12.0. The average Bonchev–Trinajstić information content (AvgIpc) is 2.73. The number of fused-ring (bicyclic) bond motifs is 1. The minimum Gasteiger partial charge on any atom is -0.241 e. The lowest BCUT2D eigenvalue weighted by molar-refractivity contribution is 0.804. The number of hydrogen-bond donors (Lipinski definition) is 0. The molecular weight excluding hydrogens is 216 g/mol. The second kappa shape index (κ2) is 6.59. The van der Waals surface area contributed by atoms with Gasteiger partial charge in [0.05, 0.1) is 0 Å². The Labute approximate surface area is 102 Å². The predicted octanol–water partition coefficient (Wildman–Crippen LogP) is 4.37. The molecule has 0 saturated heterocycles. The van der Waals surface area contributed by atoms with Crippen LogP contribution in [0.4, 0.5) is 0 Å². The molecule has 2 nitrogen and oxygen atoms in total. The molecule has 0 bridgehead atoms. The van der Waals surface area contributed by atoms with Crippen LogP contribution in [0.25, 0.3) is 10.2 Å². The van der Waals surface area contributed by atoms with Crippen LogP contribution in [0.15, 0.2) is 12.4 Å². The van der Waals surface area contributed by atoms with Crippen LogP contribution >= 0.6 is 11.3 Å². The third-order valence-corrected chi connectivity index (χ3v) is 3.46. The van der Waals surface area contributed by atoms with Crippen LogP contribution in [0.2, 0.25) is 0 Å². The van der Waals surface area contributed by atoms with Crippen LogP contribution < -0.4 is 0 Å². The molecule has 16 heavy (non-hydrogen) atoms. The third-order valence-electron chi connectivity index (χ3n) is 2.36. The summed E-state index contributed by atoms with van der Waals surface area (Å²) in [5.41, 5.74) is 1.09. The highest BCUT2D eigenvalue weighted by Gasteiger charge is 2.04. The van der Waals surface area contributed by atoms with E-state index in [4.69, 9.17) is 0 Å². The minimum absolute atomic E-state index is 1.09. The Kier molecular flexibility index (Phi) is 5.39. The minimum atomic E-state index is 1.09. The van der Waals surface area contributed by atoms with Gasteiger partial charge >= 0.3 is 0 Å². The van der Waals surface area contributed by atoms with Crippen LogP contribution in [0.5, 0.6) is 0 Å². The van der Waals surface area contributed by atoms with Gasteiger partial charge in [0.1, 0.15) is 11.2 Å². The fraction of sp³-hybridized carbons (Fsp3) is 0.538. The van der Waals surface area contributed by atoms with Crippen molar-refractivity contribution in [1.82, 2.24) is 9.97 Å². The molecule has 0 aliphatic carbocycles. The summed E-state index contributed by atoms with van der Waals surface area (Å²) in [4.78, 5) is 11.0. The summed E-state index contributed by atoms with van der Waals surface area (Å²) in [6, 6.07) is 2.24.